The maximum Gasteiger partial charge on any atom is 0.126 e. The van der Waals surface area contributed by atoms with Gasteiger partial charge in [0.05, 0.1) is 0 Å². The van der Waals surface area contributed by atoms with Gasteiger partial charge in [-0.05, 0) is 25.3 Å². The molecule has 74 valence electrons. The summed E-state index contributed by atoms with van der Waals surface area (Å²) in [6.45, 7) is 6.19. The van der Waals surface area contributed by atoms with Crippen LogP contribution < -0.4 is 5.73 Å². The van der Waals surface area contributed by atoms with Gasteiger partial charge in [0.25, 0.3) is 0 Å². The minimum Gasteiger partial charge on any atom is -0.383 e. The SMILES string of the molecule is C\C=C/N=C(N)\C(=C\CC)CCC. The van der Waals surface area contributed by atoms with Gasteiger partial charge in [0, 0.05) is 6.20 Å². The van der Waals surface area contributed by atoms with Crippen molar-refractivity contribution in [3.05, 3.63) is 23.9 Å². The molecule has 0 spiro atoms. The first-order valence-electron chi connectivity index (χ1n) is 4.90. The van der Waals surface area contributed by atoms with Gasteiger partial charge in [0.15, 0.2) is 0 Å². The van der Waals surface area contributed by atoms with Gasteiger partial charge in [0.2, 0.25) is 0 Å². The van der Waals surface area contributed by atoms with Crippen molar-refractivity contribution >= 4 is 5.84 Å². The van der Waals surface area contributed by atoms with Crippen molar-refractivity contribution in [3.63, 3.8) is 0 Å². The van der Waals surface area contributed by atoms with Crippen molar-refractivity contribution in [1.82, 2.24) is 0 Å². The fraction of sp³-hybridized carbons (Fsp3) is 0.545. The Morgan fingerprint density at radius 1 is 1.38 bits per heavy atom. The Morgan fingerprint density at radius 2 is 2.08 bits per heavy atom. The van der Waals surface area contributed by atoms with Crippen LogP contribution in [0.1, 0.15) is 40.0 Å². The monoisotopic (exact) mass is 180 g/mol. The van der Waals surface area contributed by atoms with Crippen molar-refractivity contribution in [1.29, 1.82) is 0 Å². The Balaban J connectivity index is 4.44. The van der Waals surface area contributed by atoms with E-state index >= 15 is 0 Å². The number of amidine groups is 1. The molecule has 13 heavy (non-hydrogen) atoms. The van der Waals surface area contributed by atoms with Crippen LogP contribution in [0.5, 0.6) is 0 Å². The van der Waals surface area contributed by atoms with Crippen molar-refractivity contribution in [2.75, 3.05) is 0 Å². The van der Waals surface area contributed by atoms with Crippen LogP contribution in [0, 0.1) is 0 Å². The van der Waals surface area contributed by atoms with Gasteiger partial charge in [-0.25, -0.2) is 4.99 Å². The van der Waals surface area contributed by atoms with Crippen LogP contribution in [0.25, 0.3) is 0 Å². The summed E-state index contributed by atoms with van der Waals surface area (Å²) in [5.41, 5.74) is 6.98. The van der Waals surface area contributed by atoms with Gasteiger partial charge in [-0.2, -0.15) is 0 Å². The first kappa shape index (κ1) is 11.9. The van der Waals surface area contributed by atoms with E-state index in [9.17, 15) is 0 Å². The predicted octanol–water partition coefficient (Wildman–Crippen LogP) is 3.01. The summed E-state index contributed by atoms with van der Waals surface area (Å²) in [5.74, 6) is 0.654. The highest BCUT2D eigenvalue weighted by Crippen LogP contribution is 2.06. The van der Waals surface area contributed by atoms with Crippen LogP contribution in [0.15, 0.2) is 28.9 Å². The molecule has 0 fully saturated rings. The molecule has 0 aliphatic heterocycles. The number of nitrogens with two attached hydrogens (primary N) is 1. The molecule has 2 nitrogen and oxygen atoms in total. The van der Waals surface area contributed by atoms with Gasteiger partial charge in [-0.1, -0.05) is 32.4 Å². The molecule has 0 bridgehead atoms. The minimum absolute atomic E-state index is 0.654. The molecule has 2 N–H and O–H groups in total. The van der Waals surface area contributed by atoms with Crippen molar-refractivity contribution < 1.29 is 0 Å². The van der Waals surface area contributed by atoms with E-state index < -0.39 is 0 Å². The Labute approximate surface area is 81.2 Å². The summed E-state index contributed by atoms with van der Waals surface area (Å²) in [4.78, 5) is 4.13. The first-order chi connectivity index (χ1) is 6.26. The molecule has 0 aromatic heterocycles. The highest BCUT2D eigenvalue weighted by Gasteiger charge is 1.98. The molecule has 0 saturated carbocycles. The molecule has 0 aliphatic carbocycles. The zero-order valence-electron chi connectivity index (χ0n) is 8.88. The lowest BCUT2D eigenvalue weighted by atomic mass is 10.1. The van der Waals surface area contributed by atoms with E-state index in [1.54, 1.807) is 6.20 Å². The summed E-state index contributed by atoms with van der Waals surface area (Å²) < 4.78 is 0. The normalized spacial score (nSPS) is 14.1. The van der Waals surface area contributed by atoms with Crippen LogP contribution in [0.4, 0.5) is 0 Å². The molecule has 0 aromatic rings. The lowest BCUT2D eigenvalue weighted by Gasteiger charge is -2.03. The van der Waals surface area contributed by atoms with Crippen LogP contribution in [-0.4, -0.2) is 5.84 Å². The van der Waals surface area contributed by atoms with Gasteiger partial charge in [-0.15, -0.1) is 0 Å². The quantitative estimate of drug-likeness (QED) is 0.512. The van der Waals surface area contributed by atoms with Crippen molar-refractivity contribution in [2.24, 2.45) is 10.7 Å². The number of allylic oxidation sites excluding steroid dienone is 2. The smallest absolute Gasteiger partial charge is 0.126 e. The highest BCUT2D eigenvalue weighted by molar-refractivity contribution is 5.97. The van der Waals surface area contributed by atoms with Crippen LogP contribution in [0.2, 0.25) is 0 Å². The average molecular weight is 180 g/mol. The molecule has 0 aromatic carbocycles. The fourth-order valence-corrected chi connectivity index (χ4v) is 1.09. The minimum atomic E-state index is 0.654. The molecular weight excluding hydrogens is 160 g/mol. The third-order valence-electron chi connectivity index (χ3n) is 1.66. The molecule has 0 saturated heterocycles. The predicted molar refractivity (Wildman–Crippen MR) is 59.7 cm³/mol. The molecular formula is C11H20N2. The van der Waals surface area contributed by atoms with Crippen molar-refractivity contribution in [3.8, 4) is 0 Å². The van der Waals surface area contributed by atoms with Gasteiger partial charge in [-0.3, -0.25) is 0 Å². The Bertz CT molecular complexity index is 212. The number of hydrogen-bond donors (Lipinski definition) is 1. The van der Waals surface area contributed by atoms with Gasteiger partial charge in [0.1, 0.15) is 5.84 Å². The lowest BCUT2D eigenvalue weighted by Crippen LogP contribution is -2.14. The summed E-state index contributed by atoms with van der Waals surface area (Å²) in [5, 5.41) is 0. The fourth-order valence-electron chi connectivity index (χ4n) is 1.09. The third kappa shape index (κ3) is 5.23. The Morgan fingerprint density at radius 3 is 2.54 bits per heavy atom. The summed E-state index contributed by atoms with van der Waals surface area (Å²) >= 11 is 0. The summed E-state index contributed by atoms with van der Waals surface area (Å²) in [7, 11) is 0. The van der Waals surface area contributed by atoms with Crippen LogP contribution in [-0.2, 0) is 0 Å². The van der Waals surface area contributed by atoms with E-state index in [4.69, 9.17) is 5.73 Å². The third-order valence-corrected chi connectivity index (χ3v) is 1.66. The highest BCUT2D eigenvalue weighted by atomic mass is 14.8. The van der Waals surface area contributed by atoms with Crippen LogP contribution >= 0.6 is 0 Å². The first-order valence-corrected chi connectivity index (χ1v) is 4.90. The molecule has 0 amide bonds. The van der Waals surface area contributed by atoms with Gasteiger partial charge >= 0.3 is 0 Å². The molecule has 0 aliphatic rings. The van der Waals surface area contributed by atoms with E-state index in [2.05, 4.69) is 24.9 Å². The molecule has 0 unspecified atom stereocenters. The largest absolute Gasteiger partial charge is 0.383 e. The van der Waals surface area contributed by atoms with Crippen molar-refractivity contribution in [2.45, 2.75) is 40.0 Å². The molecule has 0 radical (unpaired) electrons. The number of nitrogens with zero attached hydrogens (tertiary/aromatic N) is 1. The molecule has 0 atom stereocenters. The van der Waals surface area contributed by atoms with Gasteiger partial charge < -0.3 is 5.73 Å². The van der Waals surface area contributed by atoms with E-state index in [0.717, 1.165) is 19.3 Å². The topological polar surface area (TPSA) is 38.4 Å². The number of hydrogen-bond acceptors (Lipinski definition) is 1. The molecule has 2 heteroatoms. The van der Waals surface area contributed by atoms with E-state index in [0.29, 0.717) is 5.84 Å². The second-order valence-corrected chi connectivity index (χ2v) is 2.88. The van der Waals surface area contributed by atoms with E-state index in [1.165, 1.54) is 5.57 Å². The number of rotatable bonds is 5. The lowest BCUT2D eigenvalue weighted by molar-refractivity contribution is 0.924. The zero-order valence-corrected chi connectivity index (χ0v) is 8.88. The second-order valence-electron chi connectivity index (χ2n) is 2.88. The van der Waals surface area contributed by atoms with Crippen LogP contribution in [0.3, 0.4) is 0 Å². The maximum atomic E-state index is 5.81. The average Bonchev–Trinajstić information content (AvgIpc) is 2.14. The molecule has 0 heterocycles. The standard InChI is InChI=1S/C11H20N2/c1-4-7-10(8-5-2)11(12)13-9-6-3/h6-7,9H,4-5,8H2,1-3H3,(H2,12,13)/b9-6-,10-7+. The maximum absolute atomic E-state index is 5.81. The molecule has 0 rings (SSSR count). The zero-order chi connectivity index (χ0) is 10.1. The van der Waals surface area contributed by atoms with E-state index in [-0.39, 0.29) is 0 Å². The van der Waals surface area contributed by atoms with E-state index in [1.807, 2.05) is 13.0 Å². The summed E-state index contributed by atoms with van der Waals surface area (Å²) in [6.07, 6.45) is 8.89. The Kier molecular flexibility index (Phi) is 6.98. The Hall–Kier alpha value is -1.05. The number of aliphatic imine (C=N–C) groups is 1. The second kappa shape index (κ2) is 7.59. The summed E-state index contributed by atoms with van der Waals surface area (Å²) in [6, 6.07) is 0.